The Morgan fingerprint density at radius 1 is 1.19 bits per heavy atom. The van der Waals surface area contributed by atoms with Crippen LogP contribution < -0.4 is 15.2 Å². The van der Waals surface area contributed by atoms with Gasteiger partial charge < -0.3 is 10.5 Å². The molecule has 0 spiro atoms. The number of hydrogen-bond acceptors (Lipinski definition) is 4. The number of rotatable bonds is 5. The lowest BCUT2D eigenvalue weighted by molar-refractivity contribution is 0.414. The molecular formula is C14H15ClN2O3S. The van der Waals surface area contributed by atoms with Gasteiger partial charge in [0.2, 0.25) is 10.0 Å². The molecule has 0 saturated carbocycles. The summed E-state index contributed by atoms with van der Waals surface area (Å²) in [5.74, 6) is 0.712. The first-order valence-corrected chi connectivity index (χ1v) is 7.96. The van der Waals surface area contributed by atoms with Crippen LogP contribution in [0.25, 0.3) is 0 Å². The smallest absolute Gasteiger partial charge is 0.242 e. The quantitative estimate of drug-likeness (QED) is 0.827. The second-order valence-electron chi connectivity index (χ2n) is 4.35. The zero-order valence-electron chi connectivity index (χ0n) is 11.3. The number of anilines is 1. The third kappa shape index (κ3) is 3.87. The maximum atomic E-state index is 12.2. The first kappa shape index (κ1) is 15.6. The van der Waals surface area contributed by atoms with Crippen molar-refractivity contribution in [1.29, 1.82) is 0 Å². The Morgan fingerprint density at radius 3 is 2.43 bits per heavy atom. The molecule has 2 rings (SSSR count). The molecule has 21 heavy (non-hydrogen) atoms. The minimum atomic E-state index is -3.69. The third-order valence-corrected chi connectivity index (χ3v) is 4.60. The molecule has 2 aromatic rings. The Labute approximate surface area is 128 Å². The molecule has 0 radical (unpaired) electrons. The highest BCUT2D eigenvalue weighted by Gasteiger charge is 2.17. The highest BCUT2D eigenvalue weighted by molar-refractivity contribution is 7.89. The van der Waals surface area contributed by atoms with Gasteiger partial charge in [-0.25, -0.2) is 13.1 Å². The SMILES string of the molecule is COc1ccc(CNS(=O)(=O)c2ccc(Cl)cc2N)cc1. The van der Waals surface area contributed by atoms with Crippen LogP contribution in [-0.2, 0) is 16.6 Å². The molecule has 0 aliphatic carbocycles. The number of hydrogen-bond donors (Lipinski definition) is 2. The molecule has 5 nitrogen and oxygen atoms in total. The van der Waals surface area contributed by atoms with Crippen molar-refractivity contribution in [1.82, 2.24) is 4.72 Å². The number of ether oxygens (including phenoxy) is 1. The minimum absolute atomic E-state index is 0.0143. The normalized spacial score (nSPS) is 11.3. The number of nitrogens with one attached hydrogen (secondary N) is 1. The summed E-state index contributed by atoms with van der Waals surface area (Å²) in [7, 11) is -2.12. The number of sulfonamides is 1. The van der Waals surface area contributed by atoms with Gasteiger partial charge in [-0.1, -0.05) is 23.7 Å². The molecule has 0 aliphatic rings. The van der Waals surface area contributed by atoms with Crippen LogP contribution in [0.2, 0.25) is 5.02 Å². The molecule has 0 saturated heterocycles. The number of nitrogen functional groups attached to an aromatic ring is 1. The number of benzene rings is 2. The fourth-order valence-corrected chi connectivity index (χ4v) is 3.07. The second-order valence-corrected chi connectivity index (χ2v) is 6.53. The lowest BCUT2D eigenvalue weighted by Crippen LogP contribution is -2.24. The van der Waals surface area contributed by atoms with Gasteiger partial charge in [-0.3, -0.25) is 0 Å². The molecule has 0 aromatic heterocycles. The zero-order valence-corrected chi connectivity index (χ0v) is 12.9. The molecule has 0 fully saturated rings. The zero-order chi connectivity index (χ0) is 15.5. The first-order valence-electron chi connectivity index (χ1n) is 6.10. The summed E-state index contributed by atoms with van der Waals surface area (Å²) in [6.45, 7) is 0.161. The van der Waals surface area contributed by atoms with Gasteiger partial charge in [0, 0.05) is 11.6 Å². The molecule has 0 aliphatic heterocycles. The molecule has 0 bridgehead atoms. The maximum absolute atomic E-state index is 12.2. The average Bonchev–Trinajstić information content (AvgIpc) is 2.45. The van der Waals surface area contributed by atoms with Crippen LogP contribution in [0.5, 0.6) is 5.75 Å². The van der Waals surface area contributed by atoms with E-state index in [1.54, 1.807) is 31.4 Å². The van der Waals surface area contributed by atoms with E-state index in [0.717, 1.165) is 5.56 Å². The Balaban J connectivity index is 2.13. The van der Waals surface area contributed by atoms with Gasteiger partial charge in [-0.15, -0.1) is 0 Å². The number of halogens is 1. The molecule has 7 heteroatoms. The van der Waals surface area contributed by atoms with Crippen LogP contribution in [-0.4, -0.2) is 15.5 Å². The van der Waals surface area contributed by atoms with Crippen LogP contribution in [0.3, 0.4) is 0 Å². The van der Waals surface area contributed by atoms with Gasteiger partial charge in [0.15, 0.2) is 0 Å². The van der Waals surface area contributed by atoms with E-state index in [0.29, 0.717) is 10.8 Å². The van der Waals surface area contributed by atoms with E-state index in [1.807, 2.05) is 0 Å². The van der Waals surface area contributed by atoms with Crippen molar-refractivity contribution < 1.29 is 13.2 Å². The average molecular weight is 327 g/mol. The van der Waals surface area contributed by atoms with Crippen molar-refractivity contribution >= 4 is 27.3 Å². The van der Waals surface area contributed by atoms with Gasteiger partial charge >= 0.3 is 0 Å². The molecule has 2 aromatic carbocycles. The van der Waals surface area contributed by atoms with Gasteiger partial charge in [0.1, 0.15) is 10.6 Å². The van der Waals surface area contributed by atoms with Gasteiger partial charge in [-0.2, -0.15) is 0 Å². The van der Waals surface area contributed by atoms with E-state index >= 15 is 0 Å². The molecule has 0 amide bonds. The standard InChI is InChI=1S/C14H15ClN2O3S/c1-20-12-5-2-10(3-6-12)9-17-21(18,19)14-7-4-11(15)8-13(14)16/h2-8,17H,9,16H2,1H3. The molecule has 0 unspecified atom stereocenters. The van der Waals surface area contributed by atoms with Crippen molar-refractivity contribution in [3.63, 3.8) is 0 Å². The summed E-state index contributed by atoms with van der Waals surface area (Å²) in [4.78, 5) is 0.0143. The van der Waals surface area contributed by atoms with Crippen molar-refractivity contribution in [2.45, 2.75) is 11.4 Å². The largest absolute Gasteiger partial charge is 0.497 e. The van der Waals surface area contributed by atoms with Crippen LogP contribution in [0, 0.1) is 0 Å². The van der Waals surface area contributed by atoms with E-state index in [9.17, 15) is 8.42 Å². The van der Waals surface area contributed by atoms with Crippen LogP contribution >= 0.6 is 11.6 Å². The third-order valence-electron chi connectivity index (χ3n) is 2.89. The summed E-state index contributed by atoms with van der Waals surface area (Å²) < 4.78 is 31.9. The van der Waals surface area contributed by atoms with Crippen molar-refractivity contribution in [2.75, 3.05) is 12.8 Å². The van der Waals surface area contributed by atoms with E-state index < -0.39 is 10.0 Å². The van der Waals surface area contributed by atoms with Gasteiger partial charge in [0.25, 0.3) is 0 Å². The molecular weight excluding hydrogens is 312 g/mol. The van der Waals surface area contributed by atoms with Crippen molar-refractivity contribution in [3.8, 4) is 5.75 Å². The van der Waals surface area contributed by atoms with Crippen LogP contribution in [0.4, 0.5) is 5.69 Å². The number of methoxy groups -OCH3 is 1. The predicted molar refractivity (Wildman–Crippen MR) is 82.9 cm³/mol. The second kappa shape index (κ2) is 6.34. The predicted octanol–water partition coefficient (Wildman–Crippen LogP) is 2.41. The van der Waals surface area contributed by atoms with Gasteiger partial charge in [-0.05, 0) is 35.9 Å². The first-order chi connectivity index (χ1) is 9.92. The maximum Gasteiger partial charge on any atom is 0.242 e. The highest BCUT2D eigenvalue weighted by atomic mass is 35.5. The van der Waals surface area contributed by atoms with E-state index in [1.165, 1.54) is 18.2 Å². The minimum Gasteiger partial charge on any atom is -0.497 e. The van der Waals surface area contributed by atoms with E-state index in [4.69, 9.17) is 22.1 Å². The monoisotopic (exact) mass is 326 g/mol. The molecule has 112 valence electrons. The summed E-state index contributed by atoms with van der Waals surface area (Å²) >= 11 is 5.76. The summed E-state index contributed by atoms with van der Waals surface area (Å²) in [5.41, 5.74) is 6.62. The fourth-order valence-electron chi connectivity index (χ4n) is 1.76. The van der Waals surface area contributed by atoms with Crippen LogP contribution in [0.1, 0.15) is 5.56 Å². The fraction of sp³-hybridized carbons (Fsp3) is 0.143. The van der Waals surface area contributed by atoms with Gasteiger partial charge in [0.05, 0.1) is 12.8 Å². The van der Waals surface area contributed by atoms with E-state index in [-0.39, 0.29) is 17.1 Å². The Bertz CT molecular complexity index is 730. The van der Waals surface area contributed by atoms with Crippen molar-refractivity contribution in [3.05, 3.63) is 53.1 Å². The summed E-state index contributed by atoms with van der Waals surface area (Å²) in [6, 6.07) is 11.4. The molecule has 0 heterocycles. The molecule has 3 N–H and O–H groups in total. The lowest BCUT2D eigenvalue weighted by Gasteiger charge is -2.10. The summed E-state index contributed by atoms with van der Waals surface area (Å²) in [5, 5.41) is 0.390. The topological polar surface area (TPSA) is 81.4 Å². The summed E-state index contributed by atoms with van der Waals surface area (Å²) in [6.07, 6.45) is 0. The highest BCUT2D eigenvalue weighted by Crippen LogP contribution is 2.22. The van der Waals surface area contributed by atoms with Crippen molar-refractivity contribution in [2.24, 2.45) is 0 Å². The Morgan fingerprint density at radius 2 is 1.86 bits per heavy atom. The van der Waals surface area contributed by atoms with E-state index in [2.05, 4.69) is 4.72 Å². The lowest BCUT2D eigenvalue weighted by atomic mass is 10.2. The van der Waals surface area contributed by atoms with Crippen LogP contribution in [0.15, 0.2) is 47.4 Å². The molecule has 0 atom stereocenters. The Kier molecular flexibility index (Phi) is 4.72. The number of nitrogens with two attached hydrogens (primary N) is 1. The Hall–Kier alpha value is -1.76.